The van der Waals surface area contributed by atoms with Gasteiger partial charge in [0.2, 0.25) is 0 Å². The minimum absolute atomic E-state index is 0. The molecule has 7 heavy (non-hydrogen) atoms. The van der Waals surface area contributed by atoms with E-state index in [-0.39, 0.29) is 12.4 Å². The highest BCUT2D eigenvalue weighted by Gasteiger charge is 1.91. The van der Waals surface area contributed by atoms with Crippen molar-refractivity contribution < 1.29 is 0 Å². The van der Waals surface area contributed by atoms with Gasteiger partial charge < -0.3 is 10.6 Å². The smallest absolute Gasteiger partial charge is 0.0454 e. The second kappa shape index (κ2) is 4.37. The van der Waals surface area contributed by atoms with Crippen LogP contribution in [0.3, 0.4) is 0 Å². The van der Waals surface area contributed by atoms with Gasteiger partial charge in [-0.3, -0.25) is 0 Å². The Balaban J connectivity index is 0.000000360. The average molecular weight is 123 g/mol. The molecule has 0 atom stereocenters. The Bertz CT molecular complexity index is 25.2. The Morgan fingerprint density at radius 2 is 1.57 bits per heavy atom. The number of nitrogens with one attached hydrogen (secondary N) is 2. The lowest BCUT2D eigenvalue weighted by atomic mass is 10.4. The Kier molecular flexibility index (Phi) is 4.50. The Morgan fingerprint density at radius 1 is 1.00 bits per heavy atom. The molecule has 2 nitrogen and oxygen atoms in total. The fourth-order valence-electron chi connectivity index (χ4n) is 0.604. The summed E-state index contributed by atoms with van der Waals surface area (Å²) in [6.07, 6.45) is 1.28. The van der Waals surface area contributed by atoms with Crippen LogP contribution >= 0.6 is 12.4 Å². The normalized spacial score (nSPS) is 20.6. The van der Waals surface area contributed by atoms with E-state index in [1.807, 2.05) is 0 Å². The molecule has 1 aliphatic rings. The quantitative estimate of drug-likeness (QED) is 0.471. The van der Waals surface area contributed by atoms with Gasteiger partial charge in [-0.05, 0) is 19.5 Å². The molecule has 0 aromatic carbocycles. The molecule has 0 saturated carbocycles. The van der Waals surface area contributed by atoms with Gasteiger partial charge in [-0.25, -0.2) is 0 Å². The van der Waals surface area contributed by atoms with Crippen LogP contribution in [-0.4, -0.2) is 19.8 Å². The predicted molar refractivity (Wildman–Crippen MR) is 32.7 cm³/mol. The standard InChI is InChI=1S/C4H10N2.ClH/c1-2-5-4-6-3-1;/h5-6H,1-4H2;1H. The van der Waals surface area contributed by atoms with E-state index in [1.54, 1.807) is 0 Å². The van der Waals surface area contributed by atoms with Crippen LogP contribution in [0.2, 0.25) is 0 Å². The summed E-state index contributed by atoms with van der Waals surface area (Å²) in [4.78, 5) is 0. The van der Waals surface area contributed by atoms with Crippen molar-refractivity contribution in [1.29, 1.82) is 0 Å². The third kappa shape index (κ3) is 2.85. The molecule has 44 valence electrons. The van der Waals surface area contributed by atoms with Gasteiger partial charge in [0.15, 0.2) is 0 Å². The average Bonchev–Trinajstić information content (AvgIpc) is 1.72. The topological polar surface area (TPSA) is 24.1 Å². The van der Waals surface area contributed by atoms with Crippen molar-refractivity contribution in [2.24, 2.45) is 0 Å². The first-order valence-corrected chi connectivity index (χ1v) is 2.41. The fraction of sp³-hybridized carbons (Fsp3) is 1.00. The lowest BCUT2D eigenvalue weighted by Gasteiger charge is -2.11. The van der Waals surface area contributed by atoms with Crippen LogP contribution in [0.15, 0.2) is 0 Å². The van der Waals surface area contributed by atoms with Crippen LogP contribution in [0.5, 0.6) is 0 Å². The maximum absolute atomic E-state index is 3.17. The van der Waals surface area contributed by atoms with Crippen molar-refractivity contribution in [3.63, 3.8) is 0 Å². The van der Waals surface area contributed by atoms with Crippen LogP contribution < -0.4 is 10.6 Å². The molecule has 1 saturated heterocycles. The van der Waals surface area contributed by atoms with Gasteiger partial charge in [0.1, 0.15) is 0 Å². The second-order valence-electron chi connectivity index (χ2n) is 1.53. The fourth-order valence-corrected chi connectivity index (χ4v) is 0.604. The lowest BCUT2D eigenvalue weighted by Crippen LogP contribution is -2.37. The van der Waals surface area contributed by atoms with E-state index in [4.69, 9.17) is 0 Å². The van der Waals surface area contributed by atoms with Crippen LogP contribution in [0, 0.1) is 0 Å². The second-order valence-corrected chi connectivity index (χ2v) is 1.53. The highest BCUT2D eigenvalue weighted by molar-refractivity contribution is 5.85. The summed E-state index contributed by atoms with van der Waals surface area (Å²) in [5, 5.41) is 6.35. The predicted octanol–water partition coefficient (Wildman–Crippen LogP) is -0.0514. The zero-order valence-electron chi connectivity index (χ0n) is 4.24. The first-order chi connectivity index (χ1) is 3.00. The SMILES string of the molecule is C1CNCNC1.Cl. The van der Waals surface area contributed by atoms with E-state index < -0.39 is 0 Å². The maximum Gasteiger partial charge on any atom is 0.0454 e. The van der Waals surface area contributed by atoms with Crippen molar-refractivity contribution >= 4 is 12.4 Å². The number of hydrogen-bond donors (Lipinski definition) is 2. The van der Waals surface area contributed by atoms with Crippen molar-refractivity contribution in [3.05, 3.63) is 0 Å². The number of hydrogen-bond acceptors (Lipinski definition) is 2. The first-order valence-electron chi connectivity index (χ1n) is 2.41. The van der Waals surface area contributed by atoms with Gasteiger partial charge in [0, 0.05) is 6.67 Å². The minimum atomic E-state index is 0. The highest BCUT2D eigenvalue weighted by atomic mass is 35.5. The maximum atomic E-state index is 3.17. The number of halogens is 1. The van der Waals surface area contributed by atoms with E-state index >= 15 is 0 Å². The summed E-state index contributed by atoms with van der Waals surface area (Å²) in [5.41, 5.74) is 0. The third-order valence-corrected chi connectivity index (χ3v) is 0.957. The van der Waals surface area contributed by atoms with Crippen molar-refractivity contribution in [3.8, 4) is 0 Å². The summed E-state index contributed by atoms with van der Waals surface area (Å²) in [6, 6.07) is 0. The Labute approximate surface area is 50.1 Å². The van der Waals surface area contributed by atoms with Crippen LogP contribution in [0.25, 0.3) is 0 Å². The molecule has 1 aliphatic heterocycles. The Hall–Kier alpha value is 0.210. The lowest BCUT2D eigenvalue weighted by molar-refractivity contribution is 0.496. The molecule has 0 spiro atoms. The van der Waals surface area contributed by atoms with E-state index in [0.29, 0.717) is 0 Å². The van der Waals surface area contributed by atoms with Crippen LogP contribution in [0.4, 0.5) is 0 Å². The Morgan fingerprint density at radius 3 is 1.71 bits per heavy atom. The molecule has 0 bridgehead atoms. The van der Waals surface area contributed by atoms with E-state index in [1.165, 1.54) is 19.5 Å². The monoisotopic (exact) mass is 122 g/mol. The highest BCUT2D eigenvalue weighted by Crippen LogP contribution is 1.75. The molecule has 2 N–H and O–H groups in total. The van der Waals surface area contributed by atoms with Gasteiger partial charge in [0.05, 0.1) is 0 Å². The molecule has 0 radical (unpaired) electrons. The van der Waals surface area contributed by atoms with Crippen molar-refractivity contribution in [2.45, 2.75) is 6.42 Å². The molecule has 0 aromatic rings. The summed E-state index contributed by atoms with van der Waals surface area (Å²) in [7, 11) is 0. The molecule has 3 heteroatoms. The van der Waals surface area contributed by atoms with Gasteiger partial charge in [-0.2, -0.15) is 0 Å². The molecule has 1 heterocycles. The zero-order chi connectivity index (χ0) is 4.24. The molecule has 1 fully saturated rings. The summed E-state index contributed by atoms with van der Waals surface area (Å²) < 4.78 is 0. The van der Waals surface area contributed by atoms with Crippen molar-refractivity contribution in [2.75, 3.05) is 19.8 Å². The van der Waals surface area contributed by atoms with Crippen LogP contribution in [0.1, 0.15) is 6.42 Å². The summed E-state index contributed by atoms with van der Waals surface area (Å²) in [5.74, 6) is 0. The molecular formula is C4H11ClN2. The van der Waals surface area contributed by atoms with Crippen molar-refractivity contribution in [1.82, 2.24) is 10.6 Å². The molecule has 1 rings (SSSR count). The van der Waals surface area contributed by atoms with Gasteiger partial charge in [-0.1, -0.05) is 0 Å². The molecule has 0 amide bonds. The third-order valence-electron chi connectivity index (χ3n) is 0.957. The van der Waals surface area contributed by atoms with Crippen LogP contribution in [-0.2, 0) is 0 Å². The molecule has 0 aromatic heterocycles. The minimum Gasteiger partial charge on any atom is -0.304 e. The molecule has 0 aliphatic carbocycles. The largest absolute Gasteiger partial charge is 0.304 e. The van der Waals surface area contributed by atoms with E-state index in [9.17, 15) is 0 Å². The zero-order valence-corrected chi connectivity index (χ0v) is 5.05. The summed E-state index contributed by atoms with van der Waals surface area (Å²) >= 11 is 0. The molecule has 0 unspecified atom stereocenters. The first kappa shape index (κ1) is 7.21. The number of rotatable bonds is 0. The van der Waals surface area contributed by atoms with E-state index in [0.717, 1.165) is 6.67 Å². The molecular weight excluding hydrogens is 112 g/mol. The van der Waals surface area contributed by atoms with Gasteiger partial charge in [-0.15, -0.1) is 12.4 Å². The van der Waals surface area contributed by atoms with Gasteiger partial charge >= 0.3 is 0 Å². The summed E-state index contributed by atoms with van der Waals surface area (Å²) in [6.45, 7) is 3.38. The van der Waals surface area contributed by atoms with E-state index in [2.05, 4.69) is 10.6 Å². The van der Waals surface area contributed by atoms with Gasteiger partial charge in [0.25, 0.3) is 0 Å².